The van der Waals surface area contributed by atoms with Crippen molar-refractivity contribution < 1.29 is 4.39 Å². The standard InChI is InChI=1S/C19H27FN4/c1-3-21-19(24-10-7-14(2)8-11-24)22-9-6-15-13-23-18-5-4-16(20)12-17(15)18/h4-5,12-14,23H,3,6-11H2,1-2H3,(H,21,22). The monoisotopic (exact) mass is 330 g/mol. The Morgan fingerprint density at radius 2 is 2.17 bits per heavy atom. The number of aromatic amines is 1. The minimum absolute atomic E-state index is 0.192. The molecule has 1 aromatic carbocycles. The molecule has 0 bridgehead atoms. The molecule has 2 N–H and O–H groups in total. The Morgan fingerprint density at radius 3 is 2.92 bits per heavy atom. The molecule has 1 aliphatic rings. The summed E-state index contributed by atoms with van der Waals surface area (Å²) in [4.78, 5) is 10.4. The molecule has 0 radical (unpaired) electrons. The second-order valence-corrected chi connectivity index (χ2v) is 6.66. The van der Waals surface area contributed by atoms with Gasteiger partial charge in [-0.25, -0.2) is 4.39 Å². The number of hydrogen-bond donors (Lipinski definition) is 2. The van der Waals surface area contributed by atoms with Crippen LogP contribution in [-0.2, 0) is 6.42 Å². The second-order valence-electron chi connectivity index (χ2n) is 6.66. The van der Waals surface area contributed by atoms with Crippen molar-refractivity contribution in [1.82, 2.24) is 15.2 Å². The lowest BCUT2D eigenvalue weighted by atomic mass is 10.00. The van der Waals surface area contributed by atoms with E-state index in [1.165, 1.54) is 18.9 Å². The second kappa shape index (κ2) is 7.69. The average Bonchev–Trinajstić information content (AvgIpc) is 2.97. The fourth-order valence-electron chi connectivity index (χ4n) is 3.29. The minimum Gasteiger partial charge on any atom is -0.361 e. The smallest absolute Gasteiger partial charge is 0.193 e. The molecule has 0 amide bonds. The summed E-state index contributed by atoms with van der Waals surface area (Å²) >= 11 is 0. The van der Waals surface area contributed by atoms with Crippen LogP contribution in [-0.4, -0.2) is 42.0 Å². The van der Waals surface area contributed by atoms with Crippen LogP contribution in [0, 0.1) is 11.7 Å². The molecule has 0 saturated carbocycles. The van der Waals surface area contributed by atoms with E-state index in [0.29, 0.717) is 6.54 Å². The van der Waals surface area contributed by atoms with E-state index in [9.17, 15) is 4.39 Å². The van der Waals surface area contributed by atoms with E-state index in [2.05, 4.69) is 29.0 Å². The highest BCUT2D eigenvalue weighted by Crippen LogP contribution is 2.20. The lowest BCUT2D eigenvalue weighted by molar-refractivity contribution is 0.273. The highest BCUT2D eigenvalue weighted by atomic mass is 19.1. The van der Waals surface area contributed by atoms with E-state index < -0.39 is 0 Å². The van der Waals surface area contributed by atoms with Crippen LogP contribution in [0.15, 0.2) is 29.4 Å². The van der Waals surface area contributed by atoms with Crippen molar-refractivity contribution in [3.8, 4) is 0 Å². The fraction of sp³-hybridized carbons (Fsp3) is 0.526. The summed E-state index contributed by atoms with van der Waals surface area (Å²) in [7, 11) is 0. The maximum absolute atomic E-state index is 13.5. The van der Waals surface area contributed by atoms with Gasteiger partial charge in [0.2, 0.25) is 0 Å². The molecule has 2 heterocycles. The third-order valence-corrected chi connectivity index (χ3v) is 4.79. The van der Waals surface area contributed by atoms with Crippen LogP contribution >= 0.6 is 0 Å². The van der Waals surface area contributed by atoms with E-state index in [-0.39, 0.29) is 5.82 Å². The van der Waals surface area contributed by atoms with Gasteiger partial charge >= 0.3 is 0 Å². The van der Waals surface area contributed by atoms with E-state index in [4.69, 9.17) is 4.99 Å². The van der Waals surface area contributed by atoms with Gasteiger partial charge in [0, 0.05) is 43.3 Å². The highest BCUT2D eigenvalue weighted by Gasteiger charge is 2.18. The Hall–Kier alpha value is -2.04. The zero-order valence-electron chi connectivity index (χ0n) is 14.6. The van der Waals surface area contributed by atoms with E-state index in [0.717, 1.165) is 54.4 Å². The molecule has 0 atom stereocenters. The third kappa shape index (κ3) is 3.89. The number of aromatic nitrogens is 1. The van der Waals surface area contributed by atoms with Crippen molar-refractivity contribution in [3.63, 3.8) is 0 Å². The summed E-state index contributed by atoms with van der Waals surface area (Å²) in [6, 6.07) is 4.87. The van der Waals surface area contributed by atoms with Crippen LogP contribution < -0.4 is 5.32 Å². The molecule has 1 aromatic heterocycles. The predicted octanol–water partition coefficient (Wildman–Crippen LogP) is 3.55. The number of piperidine rings is 1. The van der Waals surface area contributed by atoms with Gasteiger partial charge in [-0.05, 0) is 55.9 Å². The van der Waals surface area contributed by atoms with Crippen LogP contribution in [0.1, 0.15) is 32.3 Å². The van der Waals surface area contributed by atoms with E-state index in [1.807, 2.05) is 6.20 Å². The predicted molar refractivity (Wildman–Crippen MR) is 97.9 cm³/mol. The van der Waals surface area contributed by atoms with Crippen LogP contribution in [0.2, 0.25) is 0 Å². The van der Waals surface area contributed by atoms with Crippen molar-refractivity contribution in [2.24, 2.45) is 10.9 Å². The van der Waals surface area contributed by atoms with Gasteiger partial charge in [-0.3, -0.25) is 4.99 Å². The van der Waals surface area contributed by atoms with Gasteiger partial charge in [0.15, 0.2) is 5.96 Å². The van der Waals surface area contributed by atoms with Crippen molar-refractivity contribution >= 4 is 16.9 Å². The first-order valence-corrected chi connectivity index (χ1v) is 8.96. The molecule has 4 nitrogen and oxygen atoms in total. The van der Waals surface area contributed by atoms with Crippen LogP contribution in [0.25, 0.3) is 10.9 Å². The Labute approximate surface area is 143 Å². The third-order valence-electron chi connectivity index (χ3n) is 4.79. The molecule has 1 saturated heterocycles. The number of likely N-dealkylation sites (tertiary alicyclic amines) is 1. The summed E-state index contributed by atoms with van der Waals surface area (Å²) in [6.45, 7) is 8.15. The average molecular weight is 330 g/mol. The molecular formula is C19H27FN4. The topological polar surface area (TPSA) is 43.4 Å². The Morgan fingerprint density at radius 1 is 1.38 bits per heavy atom. The molecule has 2 aromatic rings. The van der Waals surface area contributed by atoms with Crippen LogP contribution in [0.4, 0.5) is 4.39 Å². The van der Waals surface area contributed by atoms with Crippen molar-refractivity contribution in [2.75, 3.05) is 26.2 Å². The lowest BCUT2D eigenvalue weighted by Crippen LogP contribution is -2.45. The number of guanidine groups is 1. The van der Waals surface area contributed by atoms with E-state index >= 15 is 0 Å². The molecule has 0 aliphatic carbocycles. The number of nitrogens with zero attached hydrogens (tertiary/aromatic N) is 2. The summed E-state index contributed by atoms with van der Waals surface area (Å²) in [6.07, 6.45) is 5.23. The van der Waals surface area contributed by atoms with E-state index in [1.54, 1.807) is 12.1 Å². The normalized spacial score (nSPS) is 16.8. The Balaban J connectivity index is 1.66. The summed E-state index contributed by atoms with van der Waals surface area (Å²) in [5.74, 6) is 1.63. The fourth-order valence-corrected chi connectivity index (χ4v) is 3.29. The van der Waals surface area contributed by atoms with Gasteiger partial charge in [0.05, 0.1) is 0 Å². The van der Waals surface area contributed by atoms with Gasteiger partial charge in [0.1, 0.15) is 5.82 Å². The number of fused-ring (bicyclic) bond motifs is 1. The molecule has 0 unspecified atom stereocenters. The number of benzene rings is 1. The quantitative estimate of drug-likeness (QED) is 0.665. The molecule has 0 spiro atoms. The molecule has 3 rings (SSSR count). The lowest BCUT2D eigenvalue weighted by Gasteiger charge is -2.33. The summed E-state index contributed by atoms with van der Waals surface area (Å²) < 4.78 is 13.5. The van der Waals surface area contributed by atoms with Gasteiger partial charge in [0.25, 0.3) is 0 Å². The zero-order chi connectivity index (χ0) is 16.9. The Kier molecular flexibility index (Phi) is 5.38. The van der Waals surface area contributed by atoms with Crippen molar-refractivity contribution in [3.05, 3.63) is 35.8 Å². The molecule has 1 aliphatic heterocycles. The summed E-state index contributed by atoms with van der Waals surface area (Å²) in [5, 5.41) is 4.36. The van der Waals surface area contributed by atoms with Gasteiger partial charge < -0.3 is 15.2 Å². The number of H-pyrrole nitrogens is 1. The molecule has 24 heavy (non-hydrogen) atoms. The van der Waals surface area contributed by atoms with Crippen molar-refractivity contribution in [2.45, 2.75) is 33.1 Å². The maximum atomic E-state index is 13.5. The zero-order valence-corrected chi connectivity index (χ0v) is 14.6. The van der Waals surface area contributed by atoms with Crippen LogP contribution in [0.3, 0.4) is 0 Å². The van der Waals surface area contributed by atoms with Gasteiger partial charge in [-0.2, -0.15) is 0 Å². The number of nitrogens with one attached hydrogen (secondary N) is 2. The van der Waals surface area contributed by atoms with Gasteiger partial charge in [-0.1, -0.05) is 6.92 Å². The maximum Gasteiger partial charge on any atom is 0.193 e. The SMILES string of the molecule is CCNC(=NCCc1c[nH]c2ccc(F)cc12)N1CCC(C)CC1. The first kappa shape index (κ1) is 16.8. The molecule has 1 fully saturated rings. The Bertz CT molecular complexity index is 698. The van der Waals surface area contributed by atoms with Crippen LogP contribution in [0.5, 0.6) is 0 Å². The first-order chi connectivity index (χ1) is 11.7. The molecule has 5 heteroatoms. The minimum atomic E-state index is -0.192. The summed E-state index contributed by atoms with van der Waals surface area (Å²) in [5.41, 5.74) is 2.10. The largest absolute Gasteiger partial charge is 0.361 e. The van der Waals surface area contributed by atoms with Gasteiger partial charge in [-0.15, -0.1) is 0 Å². The first-order valence-electron chi connectivity index (χ1n) is 8.96. The molecular weight excluding hydrogens is 303 g/mol. The number of aliphatic imine (C=N–C) groups is 1. The molecule has 130 valence electrons. The number of rotatable bonds is 4. The van der Waals surface area contributed by atoms with Crippen molar-refractivity contribution in [1.29, 1.82) is 0 Å². The number of halogens is 1. The highest BCUT2D eigenvalue weighted by molar-refractivity contribution is 5.83. The number of hydrogen-bond acceptors (Lipinski definition) is 1.